The van der Waals surface area contributed by atoms with E-state index < -0.39 is 27.5 Å². The van der Waals surface area contributed by atoms with Crippen LogP contribution in [0.5, 0.6) is 11.6 Å². The number of hydrazone groups is 1. The number of nitrogens with zero attached hydrogens (tertiary/aromatic N) is 3. The minimum atomic E-state index is -3.72. The van der Waals surface area contributed by atoms with E-state index in [9.17, 15) is 26.7 Å². The molecule has 0 saturated heterocycles. The van der Waals surface area contributed by atoms with Gasteiger partial charge in [-0.05, 0) is 50.2 Å². The molecule has 0 aliphatic rings. The van der Waals surface area contributed by atoms with Gasteiger partial charge in [-0.25, -0.2) is 27.2 Å². The number of fused-ring (bicyclic) bond motifs is 1. The lowest BCUT2D eigenvalue weighted by molar-refractivity contribution is 0.403. The number of sulfonamides is 1. The third-order valence-corrected chi connectivity index (χ3v) is 6.30. The highest BCUT2D eigenvalue weighted by Crippen LogP contribution is 2.31. The first-order valence-electron chi connectivity index (χ1n) is 11.4. The van der Waals surface area contributed by atoms with Crippen molar-refractivity contribution < 1.29 is 31.4 Å². The lowest BCUT2D eigenvalue weighted by atomic mass is 10.1. The number of aliphatic hydroxyl groups excluding tert-OH is 1. The van der Waals surface area contributed by atoms with E-state index in [1.54, 1.807) is 6.92 Å². The monoisotopic (exact) mass is 572 g/mol. The van der Waals surface area contributed by atoms with Gasteiger partial charge in [0.15, 0.2) is 17.4 Å². The van der Waals surface area contributed by atoms with Crippen molar-refractivity contribution in [2.45, 2.75) is 13.8 Å². The van der Waals surface area contributed by atoms with Crippen LogP contribution in [0.15, 0.2) is 59.3 Å². The largest absolute Gasteiger partial charge is 0.505 e. The molecule has 2 heterocycles. The van der Waals surface area contributed by atoms with E-state index in [0.717, 1.165) is 23.4 Å². The first-order chi connectivity index (χ1) is 18.8. The van der Waals surface area contributed by atoms with Crippen LogP contribution in [-0.2, 0) is 10.0 Å². The molecular weight excluding hydrogens is 549 g/mol. The van der Waals surface area contributed by atoms with Crippen molar-refractivity contribution in [2.75, 3.05) is 16.0 Å². The van der Waals surface area contributed by atoms with Crippen LogP contribution in [0.3, 0.4) is 0 Å². The molecule has 4 aromatic rings. The summed E-state index contributed by atoms with van der Waals surface area (Å²) in [6.45, 7) is 6.52. The summed E-state index contributed by atoms with van der Waals surface area (Å²) in [6.07, 6.45) is 2.16. The van der Waals surface area contributed by atoms with E-state index in [4.69, 9.17) is 10.1 Å². The molecular formula is C26H23F3N6O4S. The lowest BCUT2D eigenvalue weighted by Crippen LogP contribution is -2.26. The van der Waals surface area contributed by atoms with Crippen LogP contribution in [0.4, 0.5) is 24.5 Å². The fourth-order valence-electron chi connectivity index (χ4n) is 3.75. The summed E-state index contributed by atoms with van der Waals surface area (Å²) in [6, 6.07) is 8.80. The van der Waals surface area contributed by atoms with E-state index in [1.807, 2.05) is 0 Å². The predicted octanol–water partition coefficient (Wildman–Crippen LogP) is 5.84. The SMILES string of the molecule is C=NN(C(=N)C(C)=C(O)c1cc2cc(F)c(NS(C)(=O)=O)cc2[nH]1)c1cnc(Oc2cccc(F)c2F)c(C)c1. The van der Waals surface area contributed by atoms with Gasteiger partial charge in [0, 0.05) is 28.8 Å². The molecule has 0 aliphatic carbocycles. The number of rotatable bonds is 8. The average Bonchev–Trinajstić information content (AvgIpc) is 3.29. The number of amidine groups is 1. The minimum Gasteiger partial charge on any atom is -0.505 e. The van der Waals surface area contributed by atoms with Crippen molar-refractivity contribution in [3.05, 3.63) is 82.9 Å². The number of halogens is 3. The van der Waals surface area contributed by atoms with Gasteiger partial charge in [0.05, 0.1) is 29.5 Å². The van der Waals surface area contributed by atoms with Gasteiger partial charge in [0.25, 0.3) is 0 Å². The number of nitrogens with one attached hydrogen (secondary N) is 3. The third-order valence-electron chi connectivity index (χ3n) is 5.71. The first kappa shape index (κ1) is 28.2. The van der Waals surface area contributed by atoms with Crippen LogP contribution < -0.4 is 14.5 Å². The Balaban J connectivity index is 1.62. The van der Waals surface area contributed by atoms with Crippen LogP contribution in [0.25, 0.3) is 16.7 Å². The molecule has 40 heavy (non-hydrogen) atoms. The Morgan fingerprint density at radius 1 is 1.20 bits per heavy atom. The van der Waals surface area contributed by atoms with Gasteiger partial charge < -0.3 is 14.8 Å². The van der Waals surface area contributed by atoms with Crippen LogP contribution in [0.1, 0.15) is 18.2 Å². The molecule has 0 saturated carbocycles. The summed E-state index contributed by atoms with van der Waals surface area (Å²) in [5.41, 5.74) is 0.906. The van der Waals surface area contributed by atoms with Gasteiger partial charge in [-0.15, -0.1) is 0 Å². The molecule has 0 bridgehead atoms. The zero-order valence-electron chi connectivity index (χ0n) is 21.4. The summed E-state index contributed by atoms with van der Waals surface area (Å²) in [5, 5.41) is 24.8. The minimum absolute atomic E-state index is 0.00561. The number of aromatic amines is 1. The molecule has 0 spiro atoms. The Kier molecular flexibility index (Phi) is 7.55. The maximum Gasteiger partial charge on any atom is 0.229 e. The summed E-state index contributed by atoms with van der Waals surface area (Å²) in [4.78, 5) is 6.99. The predicted molar refractivity (Wildman–Crippen MR) is 147 cm³/mol. The summed E-state index contributed by atoms with van der Waals surface area (Å²) < 4.78 is 72.4. The van der Waals surface area contributed by atoms with E-state index in [1.165, 1.54) is 43.5 Å². The zero-order chi connectivity index (χ0) is 29.4. The summed E-state index contributed by atoms with van der Waals surface area (Å²) in [5.74, 6) is -4.06. The highest BCUT2D eigenvalue weighted by molar-refractivity contribution is 7.92. The van der Waals surface area contributed by atoms with Gasteiger partial charge in [0.1, 0.15) is 11.6 Å². The van der Waals surface area contributed by atoms with E-state index in [2.05, 4.69) is 26.5 Å². The number of aliphatic hydroxyl groups is 1. The molecule has 0 amide bonds. The zero-order valence-corrected chi connectivity index (χ0v) is 22.2. The second-order valence-electron chi connectivity index (χ2n) is 8.72. The molecule has 208 valence electrons. The number of benzene rings is 2. The normalized spacial score (nSPS) is 12.2. The third kappa shape index (κ3) is 5.76. The number of ether oxygens (including phenoxy) is 1. The second-order valence-corrected chi connectivity index (χ2v) is 10.5. The molecule has 2 aromatic heterocycles. The number of hydrogen-bond donors (Lipinski definition) is 4. The average molecular weight is 573 g/mol. The van der Waals surface area contributed by atoms with Gasteiger partial charge in [-0.1, -0.05) is 6.07 Å². The first-order valence-corrected chi connectivity index (χ1v) is 13.3. The van der Waals surface area contributed by atoms with Gasteiger partial charge in [0.2, 0.25) is 21.7 Å². The standard InChI is InChI=1S/C26H23F3N6O4S/c1-13-8-16(12-32-26(13)39-22-7-5-6-17(27)23(22)29)35(31-3)25(30)14(2)24(36)21-10-15-9-18(28)20(11-19(15)33-21)34-40(4,37)38/h5-12,30,33-34,36H,3H2,1-2,4H3. The Bertz CT molecular complexity index is 1800. The van der Waals surface area contributed by atoms with Crippen molar-refractivity contribution in [2.24, 2.45) is 5.10 Å². The van der Waals surface area contributed by atoms with E-state index in [-0.39, 0.29) is 45.9 Å². The summed E-state index contributed by atoms with van der Waals surface area (Å²) >= 11 is 0. The smallest absolute Gasteiger partial charge is 0.229 e. The fourth-order valence-corrected chi connectivity index (χ4v) is 4.31. The van der Waals surface area contributed by atoms with Crippen LogP contribution in [0.2, 0.25) is 0 Å². The molecule has 0 atom stereocenters. The van der Waals surface area contributed by atoms with E-state index >= 15 is 0 Å². The maximum absolute atomic E-state index is 14.4. The van der Waals surface area contributed by atoms with Crippen molar-refractivity contribution in [1.82, 2.24) is 9.97 Å². The number of aromatic nitrogens is 2. The Morgan fingerprint density at radius 2 is 1.93 bits per heavy atom. The number of H-pyrrole nitrogens is 1. The topological polar surface area (TPSA) is 144 Å². The van der Waals surface area contributed by atoms with Gasteiger partial charge >= 0.3 is 0 Å². The number of pyridine rings is 1. The van der Waals surface area contributed by atoms with Crippen LogP contribution >= 0.6 is 0 Å². The molecule has 2 aromatic carbocycles. The van der Waals surface area contributed by atoms with E-state index in [0.29, 0.717) is 16.5 Å². The lowest BCUT2D eigenvalue weighted by Gasteiger charge is -2.21. The highest BCUT2D eigenvalue weighted by Gasteiger charge is 2.20. The Labute approximate surface area is 227 Å². The molecule has 0 radical (unpaired) electrons. The highest BCUT2D eigenvalue weighted by atomic mass is 32.2. The quantitative estimate of drug-likeness (QED) is 0.0904. The van der Waals surface area contributed by atoms with Crippen LogP contribution in [-0.4, -0.2) is 42.3 Å². The number of aryl methyl sites for hydroxylation is 1. The fraction of sp³-hybridized carbons (Fsp3) is 0.115. The van der Waals surface area contributed by atoms with Crippen LogP contribution in [0, 0.1) is 29.8 Å². The number of anilines is 2. The Morgan fingerprint density at radius 3 is 2.58 bits per heavy atom. The molecule has 10 nitrogen and oxygen atoms in total. The molecule has 0 fully saturated rings. The molecule has 4 N–H and O–H groups in total. The molecule has 0 unspecified atom stereocenters. The molecule has 4 rings (SSSR count). The van der Waals surface area contributed by atoms with Crippen molar-refractivity contribution in [1.29, 1.82) is 5.41 Å². The van der Waals surface area contributed by atoms with Crippen molar-refractivity contribution >= 4 is 50.6 Å². The Hall–Kier alpha value is -4.85. The second kappa shape index (κ2) is 10.7. The molecule has 14 heteroatoms. The maximum atomic E-state index is 14.4. The number of hydrogen-bond acceptors (Lipinski definition) is 7. The molecule has 0 aliphatic heterocycles. The van der Waals surface area contributed by atoms with Gasteiger partial charge in [-0.3, -0.25) is 10.1 Å². The van der Waals surface area contributed by atoms with Crippen molar-refractivity contribution in [3.63, 3.8) is 0 Å². The van der Waals surface area contributed by atoms with Crippen molar-refractivity contribution in [3.8, 4) is 11.6 Å². The van der Waals surface area contributed by atoms with Gasteiger partial charge in [-0.2, -0.15) is 9.49 Å². The summed E-state index contributed by atoms with van der Waals surface area (Å²) in [7, 11) is -3.72.